The molecule has 2 rings (SSSR count). The molecule has 2 aliphatic rings. The van der Waals surface area contributed by atoms with E-state index in [1.165, 1.54) is 0 Å². The maximum atomic E-state index is 12.4. The van der Waals surface area contributed by atoms with Gasteiger partial charge in [0.1, 0.15) is 0 Å². The van der Waals surface area contributed by atoms with Crippen molar-refractivity contribution >= 4 is 7.37 Å². The van der Waals surface area contributed by atoms with Crippen molar-refractivity contribution in [2.24, 2.45) is 0 Å². The van der Waals surface area contributed by atoms with Crippen molar-refractivity contribution in [2.45, 2.75) is 49.8 Å². The van der Waals surface area contributed by atoms with E-state index in [1.54, 1.807) is 0 Å². The monoisotopic (exact) mass is 226 g/mol. The minimum Gasteiger partial charge on any atom is -0.344 e. The first-order valence-electron chi connectivity index (χ1n) is 5.83. The molecule has 0 heterocycles. The second kappa shape index (κ2) is 4.67. The topological polar surface area (TPSA) is 37.3 Å². The third-order valence-electron chi connectivity index (χ3n) is 3.53. The van der Waals surface area contributed by atoms with Crippen LogP contribution < -0.4 is 0 Å². The van der Waals surface area contributed by atoms with Gasteiger partial charge >= 0.3 is 0 Å². The highest BCUT2D eigenvalue weighted by Crippen LogP contribution is 2.58. The van der Waals surface area contributed by atoms with Gasteiger partial charge in [0.2, 0.25) is 7.37 Å². The van der Waals surface area contributed by atoms with Crippen molar-refractivity contribution in [1.82, 2.24) is 0 Å². The Kier molecular flexibility index (Phi) is 3.48. The van der Waals surface area contributed by atoms with Gasteiger partial charge in [-0.05, 0) is 38.5 Å². The van der Waals surface area contributed by atoms with Crippen molar-refractivity contribution in [3.05, 3.63) is 24.3 Å². The van der Waals surface area contributed by atoms with E-state index in [0.717, 1.165) is 38.5 Å². The Bertz CT molecular complexity index is 292. The largest absolute Gasteiger partial charge is 0.344 e. The van der Waals surface area contributed by atoms with Crippen LogP contribution >= 0.6 is 7.37 Å². The van der Waals surface area contributed by atoms with E-state index >= 15 is 0 Å². The fraction of sp³-hybridized carbons (Fsp3) is 0.667. The van der Waals surface area contributed by atoms with Crippen molar-refractivity contribution < 1.29 is 9.46 Å². The molecule has 2 unspecified atom stereocenters. The summed E-state index contributed by atoms with van der Waals surface area (Å²) in [6, 6.07) is 0. The smallest absolute Gasteiger partial charge is 0.207 e. The van der Waals surface area contributed by atoms with Crippen molar-refractivity contribution in [3.8, 4) is 0 Å². The van der Waals surface area contributed by atoms with Gasteiger partial charge in [-0.25, -0.2) is 0 Å². The molecule has 0 spiro atoms. The van der Waals surface area contributed by atoms with Crippen LogP contribution in [0.25, 0.3) is 0 Å². The Balaban J connectivity index is 2.07. The predicted octanol–water partition coefficient (Wildman–Crippen LogP) is 3.47. The van der Waals surface area contributed by atoms with Gasteiger partial charge in [-0.3, -0.25) is 4.57 Å². The van der Waals surface area contributed by atoms with Gasteiger partial charge in [-0.2, -0.15) is 0 Å². The first-order chi connectivity index (χ1) is 7.21. The number of rotatable bonds is 2. The Labute approximate surface area is 91.5 Å². The van der Waals surface area contributed by atoms with E-state index in [0.29, 0.717) is 0 Å². The minimum atomic E-state index is -2.95. The van der Waals surface area contributed by atoms with Gasteiger partial charge < -0.3 is 4.89 Å². The summed E-state index contributed by atoms with van der Waals surface area (Å²) in [5.41, 5.74) is 0.0537. The van der Waals surface area contributed by atoms with Crippen LogP contribution in [0.3, 0.4) is 0 Å². The Morgan fingerprint density at radius 2 is 1.40 bits per heavy atom. The van der Waals surface area contributed by atoms with E-state index in [-0.39, 0.29) is 11.3 Å². The molecule has 2 aliphatic carbocycles. The SMILES string of the molecule is O=P(O)(C1CC=CCC1)C1CC=CCC1. The third kappa shape index (κ3) is 2.43. The highest BCUT2D eigenvalue weighted by molar-refractivity contribution is 7.59. The van der Waals surface area contributed by atoms with Crippen LogP contribution in [0.5, 0.6) is 0 Å². The van der Waals surface area contributed by atoms with Gasteiger partial charge in [0.25, 0.3) is 0 Å². The fourth-order valence-electron chi connectivity index (χ4n) is 2.53. The first-order valence-corrected chi connectivity index (χ1v) is 7.63. The second-order valence-electron chi connectivity index (χ2n) is 4.55. The Hall–Kier alpha value is -0.330. The van der Waals surface area contributed by atoms with Crippen LogP contribution in [0.4, 0.5) is 0 Å². The molecule has 0 saturated carbocycles. The molecule has 0 aromatic carbocycles. The summed E-state index contributed by atoms with van der Waals surface area (Å²) in [6.07, 6.45) is 13.7. The summed E-state index contributed by atoms with van der Waals surface area (Å²) in [7, 11) is -2.95. The number of hydrogen-bond donors (Lipinski definition) is 1. The third-order valence-corrected chi connectivity index (χ3v) is 6.56. The van der Waals surface area contributed by atoms with Crippen LogP contribution in [0, 0.1) is 0 Å². The van der Waals surface area contributed by atoms with Crippen LogP contribution in [-0.4, -0.2) is 16.2 Å². The van der Waals surface area contributed by atoms with Gasteiger partial charge in [-0.15, -0.1) is 0 Å². The van der Waals surface area contributed by atoms with Gasteiger partial charge in [0.15, 0.2) is 0 Å². The second-order valence-corrected chi connectivity index (χ2v) is 7.35. The Morgan fingerprint density at radius 3 is 1.73 bits per heavy atom. The summed E-state index contributed by atoms with van der Waals surface area (Å²) < 4.78 is 12.4. The summed E-state index contributed by atoms with van der Waals surface area (Å²) in [6.45, 7) is 0. The van der Waals surface area contributed by atoms with Gasteiger partial charge in [-0.1, -0.05) is 24.3 Å². The molecule has 0 amide bonds. The molecule has 0 bridgehead atoms. The molecule has 15 heavy (non-hydrogen) atoms. The fourth-order valence-corrected chi connectivity index (χ4v) is 5.01. The summed E-state index contributed by atoms with van der Waals surface area (Å²) in [4.78, 5) is 10.3. The zero-order chi connectivity index (χ0) is 10.7. The average molecular weight is 226 g/mol. The molecule has 84 valence electrons. The number of allylic oxidation sites excluding steroid dienone is 4. The van der Waals surface area contributed by atoms with E-state index < -0.39 is 7.37 Å². The molecular formula is C12H19O2P. The van der Waals surface area contributed by atoms with Crippen LogP contribution in [0.15, 0.2) is 24.3 Å². The lowest BCUT2D eigenvalue weighted by Crippen LogP contribution is -2.20. The molecule has 0 saturated heterocycles. The Morgan fingerprint density at radius 1 is 0.933 bits per heavy atom. The molecule has 1 N–H and O–H groups in total. The van der Waals surface area contributed by atoms with Crippen LogP contribution in [-0.2, 0) is 4.57 Å². The molecule has 0 aromatic rings. The van der Waals surface area contributed by atoms with Gasteiger partial charge in [0, 0.05) is 11.3 Å². The molecule has 0 radical (unpaired) electrons. The highest BCUT2D eigenvalue weighted by Gasteiger charge is 2.38. The van der Waals surface area contributed by atoms with Crippen molar-refractivity contribution in [1.29, 1.82) is 0 Å². The summed E-state index contributed by atoms with van der Waals surface area (Å²) in [5.74, 6) is 0. The standard InChI is InChI=1S/C12H19O2P/c13-15(14,11-7-3-1-4-8-11)12-9-5-2-6-10-12/h1-3,5,11-12H,4,6-10H2,(H,13,14). The molecule has 0 aromatic heterocycles. The normalized spacial score (nSPS) is 35.0. The predicted molar refractivity (Wildman–Crippen MR) is 63.4 cm³/mol. The molecule has 0 fully saturated rings. The zero-order valence-corrected chi connectivity index (χ0v) is 9.90. The molecule has 2 atom stereocenters. The molecule has 2 nitrogen and oxygen atoms in total. The van der Waals surface area contributed by atoms with Crippen LogP contribution in [0.2, 0.25) is 0 Å². The van der Waals surface area contributed by atoms with E-state index in [1.807, 2.05) is 0 Å². The average Bonchev–Trinajstić information content (AvgIpc) is 2.31. The quantitative estimate of drug-likeness (QED) is 0.578. The maximum Gasteiger partial charge on any atom is 0.207 e. The molecule has 3 heteroatoms. The van der Waals surface area contributed by atoms with Gasteiger partial charge in [0.05, 0.1) is 0 Å². The summed E-state index contributed by atoms with van der Waals surface area (Å²) in [5, 5.41) is 0. The lowest BCUT2D eigenvalue weighted by molar-refractivity contribution is 0.433. The lowest BCUT2D eigenvalue weighted by atomic mass is 10.1. The first kappa shape index (κ1) is 11.2. The van der Waals surface area contributed by atoms with E-state index in [9.17, 15) is 9.46 Å². The maximum absolute atomic E-state index is 12.4. The highest BCUT2D eigenvalue weighted by atomic mass is 31.2. The minimum absolute atomic E-state index is 0.0269. The molecule has 0 aliphatic heterocycles. The van der Waals surface area contributed by atoms with Crippen LogP contribution in [0.1, 0.15) is 38.5 Å². The zero-order valence-electron chi connectivity index (χ0n) is 9.01. The van der Waals surface area contributed by atoms with Crippen molar-refractivity contribution in [2.75, 3.05) is 0 Å². The van der Waals surface area contributed by atoms with Crippen molar-refractivity contribution in [3.63, 3.8) is 0 Å². The van der Waals surface area contributed by atoms with E-state index in [4.69, 9.17) is 0 Å². The lowest BCUT2D eigenvalue weighted by Gasteiger charge is -2.31. The summed E-state index contributed by atoms with van der Waals surface area (Å²) >= 11 is 0. The number of hydrogen-bond acceptors (Lipinski definition) is 1. The van der Waals surface area contributed by atoms with E-state index in [2.05, 4.69) is 24.3 Å². The molecular weight excluding hydrogens is 207 g/mol.